The molecule has 0 spiro atoms. The molecule has 186 valence electrons. The molecule has 3 aromatic rings. The van der Waals surface area contributed by atoms with Crippen molar-refractivity contribution < 1.29 is 26.7 Å². The first-order chi connectivity index (χ1) is 16.8. The van der Waals surface area contributed by atoms with Crippen LogP contribution < -0.4 is 4.74 Å². The fraction of sp³-hybridized carbons (Fsp3) is 0.379. The molecular weight excluding hydrogens is 459 g/mol. The minimum Gasteiger partial charge on any atom is -0.429 e. The number of halogens is 5. The van der Waals surface area contributed by atoms with E-state index in [1.165, 1.54) is 31.2 Å². The number of allylic oxidation sites excluding steroid dienone is 1. The Labute approximate surface area is 202 Å². The first-order valence-electron chi connectivity index (χ1n) is 12.1. The predicted octanol–water partition coefficient (Wildman–Crippen LogP) is 8.57. The third kappa shape index (κ3) is 6.22. The zero-order valence-corrected chi connectivity index (χ0v) is 19.5. The largest absolute Gasteiger partial charge is 0.429 e. The average molecular weight is 489 g/mol. The van der Waals surface area contributed by atoms with Gasteiger partial charge < -0.3 is 4.74 Å². The summed E-state index contributed by atoms with van der Waals surface area (Å²) in [6.07, 6.45) is 9.42. The van der Waals surface area contributed by atoms with Crippen molar-refractivity contribution in [1.29, 1.82) is 0 Å². The highest BCUT2D eigenvalue weighted by molar-refractivity contribution is 5.84. The molecule has 0 atom stereocenters. The molecule has 0 unspecified atom stereocenters. The Balaban J connectivity index is 1.40. The van der Waals surface area contributed by atoms with Crippen LogP contribution in [0.25, 0.3) is 10.8 Å². The maximum absolute atomic E-state index is 15.2. The van der Waals surface area contributed by atoms with Crippen LogP contribution in [0.15, 0.2) is 55.1 Å². The fourth-order valence-electron chi connectivity index (χ4n) is 5.06. The maximum atomic E-state index is 15.2. The van der Waals surface area contributed by atoms with E-state index in [4.69, 9.17) is 0 Å². The standard InChI is InChI=1S/C29H29F5O/c1-2-18-3-5-19(6-4-18)7-8-20-10-14-24-23(15-20)13-12-22(27(24)32)11-9-21-16-25(30)28(26(31)17-21)35-29(33)34/h2,10,12-19,29H,1,3-9,11H2. The minimum atomic E-state index is -3.32. The van der Waals surface area contributed by atoms with E-state index >= 15 is 4.39 Å². The van der Waals surface area contributed by atoms with Crippen molar-refractivity contribution in [2.24, 2.45) is 11.8 Å². The highest BCUT2D eigenvalue weighted by Gasteiger charge is 2.19. The van der Waals surface area contributed by atoms with Gasteiger partial charge in [-0.1, -0.05) is 36.4 Å². The van der Waals surface area contributed by atoms with Crippen LogP contribution in [-0.2, 0) is 19.3 Å². The Morgan fingerprint density at radius 3 is 2.23 bits per heavy atom. The number of ether oxygens (including phenoxy) is 1. The summed E-state index contributed by atoms with van der Waals surface area (Å²) in [5, 5.41) is 1.33. The van der Waals surface area contributed by atoms with Crippen LogP contribution >= 0.6 is 0 Å². The van der Waals surface area contributed by atoms with Crippen LogP contribution in [0.2, 0.25) is 0 Å². The molecule has 1 nitrogen and oxygen atoms in total. The molecule has 0 radical (unpaired) electrons. The molecule has 3 aromatic carbocycles. The number of alkyl halides is 2. The van der Waals surface area contributed by atoms with E-state index in [0.717, 1.165) is 36.3 Å². The lowest BCUT2D eigenvalue weighted by Crippen LogP contribution is -2.13. The Morgan fingerprint density at radius 2 is 1.57 bits per heavy atom. The predicted molar refractivity (Wildman–Crippen MR) is 128 cm³/mol. The van der Waals surface area contributed by atoms with Gasteiger partial charge in [-0.25, -0.2) is 13.2 Å². The third-order valence-electron chi connectivity index (χ3n) is 7.11. The van der Waals surface area contributed by atoms with E-state index in [-0.39, 0.29) is 24.2 Å². The second-order valence-electron chi connectivity index (χ2n) is 9.42. The lowest BCUT2D eigenvalue weighted by atomic mass is 9.79. The SMILES string of the molecule is C=CC1CCC(CCc2ccc3c(F)c(CCc4cc(F)c(OC(F)F)c(F)c4)ccc3c2)CC1. The lowest BCUT2D eigenvalue weighted by Gasteiger charge is -2.26. The number of hydrogen-bond acceptors (Lipinski definition) is 1. The first-order valence-corrected chi connectivity index (χ1v) is 12.1. The number of fused-ring (bicyclic) bond motifs is 1. The molecule has 0 aromatic heterocycles. The summed E-state index contributed by atoms with van der Waals surface area (Å²) in [5.74, 6) is -2.50. The molecule has 0 amide bonds. The zero-order chi connectivity index (χ0) is 24.9. The van der Waals surface area contributed by atoms with Crippen molar-refractivity contribution in [3.63, 3.8) is 0 Å². The van der Waals surface area contributed by atoms with Gasteiger partial charge in [0.1, 0.15) is 5.82 Å². The van der Waals surface area contributed by atoms with Crippen LogP contribution in [0.4, 0.5) is 22.0 Å². The van der Waals surface area contributed by atoms with Crippen LogP contribution in [0.5, 0.6) is 5.75 Å². The van der Waals surface area contributed by atoms with Gasteiger partial charge in [0, 0.05) is 5.39 Å². The Kier molecular flexibility index (Phi) is 8.09. The van der Waals surface area contributed by atoms with Gasteiger partial charge in [-0.3, -0.25) is 0 Å². The normalized spacial score (nSPS) is 18.2. The van der Waals surface area contributed by atoms with Gasteiger partial charge in [0.25, 0.3) is 0 Å². The summed E-state index contributed by atoms with van der Waals surface area (Å²) in [6.45, 7) is 0.578. The summed E-state index contributed by atoms with van der Waals surface area (Å²) in [6, 6.07) is 11.2. The topological polar surface area (TPSA) is 9.23 Å². The second kappa shape index (κ2) is 11.2. The van der Waals surface area contributed by atoms with E-state index in [9.17, 15) is 17.6 Å². The number of hydrogen-bond donors (Lipinski definition) is 0. The zero-order valence-electron chi connectivity index (χ0n) is 19.5. The Hall–Kier alpha value is -2.89. The van der Waals surface area contributed by atoms with Crippen LogP contribution in [0, 0.1) is 29.3 Å². The second-order valence-corrected chi connectivity index (χ2v) is 9.42. The fourth-order valence-corrected chi connectivity index (χ4v) is 5.06. The molecular formula is C29H29F5O. The molecule has 6 heteroatoms. The van der Waals surface area contributed by atoms with Gasteiger partial charge in [0.2, 0.25) is 0 Å². The monoisotopic (exact) mass is 488 g/mol. The van der Waals surface area contributed by atoms with Crippen LogP contribution in [-0.4, -0.2) is 6.61 Å². The first kappa shape index (κ1) is 25.2. The van der Waals surface area contributed by atoms with Crippen LogP contribution in [0.3, 0.4) is 0 Å². The minimum absolute atomic E-state index is 0.150. The van der Waals surface area contributed by atoms with Gasteiger partial charge in [0.05, 0.1) is 0 Å². The van der Waals surface area contributed by atoms with Gasteiger partial charge >= 0.3 is 6.61 Å². The molecule has 1 saturated carbocycles. The smallest absolute Gasteiger partial charge is 0.387 e. The van der Waals surface area contributed by atoms with E-state index in [1.54, 1.807) is 12.1 Å². The number of rotatable bonds is 9. The molecule has 4 rings (SSSR count). The molecule has 1 aliphatic rings. The lowest BCUT2D eigenvalue weighted by molar-refractivity contribution is -0.0546. The third-order valence-corrected chi connectivity index (χ3v) is 7.11. The Morgan fingerprint density at radius 1 is 0.857 bits per heavy atom. The van der Waals surface area contributed by atoms with Gasteiger partial charge in [-0.15, -0.1) is 6.58 Å². The summed E-state index contributed by atoms with van der Waals surface area (Å²) in [7, 11) is 0. The molecule has 0 saturated heterocycles. The van der Waals surface area contributed by atoms with Crippen LogP contribution in [0.1, 0.15) is 48.8 Å². The summed E-state index contributed by atoms with van der Waals surface area (Å²) in [5.41, 5.74) is 1.85. The summed E-state index contributed by atoms with van der Waals surface area (Å²) >= 11 is 0. The van der Waals surface area contributed by atoms with Crippen molar-refractivity contribution in [3.05, 3.63) is 89.3 Å². The Bertz CT molecular complexity index is 1160. The van der Waals surface area contributed by atoms with Crippen molar-refractivity contribution in [2.75, 3.05) is 0 Å². The number of aryl methyl sites for hydroxylation is 3. The molecule has 0 bridgehead atoms. The van der Waals surface area contributed by atoms with Crippen molar-refractivity contribution in [1.82, 2.24) is 0 Å². The molecule has 1 fully saturated rings. The van der Waals surface area contributed by atoms with E-state index in [1.807, 2.05) is 18.2 Å². The average Bonchev–Trinajstić information content (AvgIpc) is 2.84. The van der Waals surface area contributed by atoms with Crippen molar-refractivity contribution in [3.8, 4) is 5.75 Å². The molecule has 0 heterocycles. The van der Waals surface area contributed by atoms with E-state index in [0.29, 0.717) is 16.9 Å². The van der Waals surface area contributed by atoms with E-state index in [2.05, 4.69) is 17.4 Å². The molecule has 0 N–H and O–H groups in total. The number of benzene rings is 3. The van der Waals surface area contributed by atoms with Crippen molar-refractivity contribution in [2.45, 2.75) is 58.0 Å². The van der Waals surface area contributed by atoms with Gasteiger partial charge in [-0.2, -0.15) is 8.78 Å². The van der Waals surface area contributed by atoms with Gasteiger partial charge in [-0.05, 0) is 97.4 Å². The molecule has 1 aliphatic carbocycles. The maximum Gasteiger partial charge on any atom is 0.387 e. The van der Waals surface area contributed by atoms with Crippen molar-refractivity contribution >= 4 is 10.8 Å². The quantitative estimate of drug-likeness (QED) is 0.217. The highest BCUT2D eigenvalue weighted by Crippen LogP contribution is 2.33. The molecule has 35 heavy (non-hydrogen) atoms. The summed E-state index contributed by atoms with van der Waals surface area (Å²) in [4.78, 5) is 0. The highest BCUT2D eigenvalue weighted by atomic mass is 19.3. The summed E-state index contributed by atoms with van der Waals surface area (Å²) < 4.78 is 71.6. The molecule has 0 aliphatic heterocycles. The van der Waals surface area contributed by atoms with Gasteiger partial charge in [0.15, 0.2) is 17.4 Å². The van der Waals surface area contributed by atoms with E-state index < -0.39 is 24.0 Å².